The molecule has 6 heteroatoms. The molecule has 4 aromatic carbocycles. The molecule has 0 spiro atoms. The van der Waals surface area contributed by atoms with Crippen LogP contribution in [0, 0.1) is 0 Å². The molecule has 0 atom stereocenters. The van der Waals surface area contributed by atoms with Gasteiger partial charge >= 0.3 is 0 Å². The summed E-state index contributed by atoms with van der Waals surface area (Å²) in [6.45, 7) is 0.264. The van der Waals surface area contributed by atoms with Crippen molar-refractivity contribution in [3.05, 3.63) is 135 Å². The maximum absolute atomic E-state index is 13.5. The van der Waals surface area contributed by atoms with E-state index < -0.39 is 0 Å². The van der Waals surface area contributed by atoms with Gasteiger partial charge in [-0.25, -0.2) is 0 Å². The molecule has 0 aliphatic carbocycles. The number of hydrogen-bond donors (Lipinski definition) is 0. The van der Waals surface area contributed by atoms with Crippen LogP contribution in [0.2, 0.25) is 10.0 Å². The van der Waals surface area contributed by atoms with Gasteiger partial charge in [-0.05, 0) is 36.4 Å². The molecule has 35 heavy (non-hydrogen) atoms. The molecule has 0 aromatic heterocycles. The van der Waals surface area contributed by atoms with Gasteiger partial charge in [0.25, 0.3) is 5.91 Å². The average Bonchev–Trinajstić information content (AvgIpc) is 3.21. The van der Waals surface area contributed by atoms with Crippen molar-refractivity contribution in [3.8, 4) is 5.75 Å². The number of carbonyl (C=O) groups excluding carboxylic acids is 1. The molecule has 1 amide bonds. The largest absolute Gasteiger partial charge is 0.488 e. The van der Waals surface area contributed by atoms with E-state index in [-0.39, 0.29) is 12.5 Å². The topological polar surface area (TPSA) is 41.9 Å². The predicted molar refractivity (Wildman–Crippen MR) is 142 cm³/mol. The Morgan fingerprint density at radius 1 is 0.829 bits per heavy atom. The van der Waals surface area contributed by atoms with Gasteiger partial charge in [-0.15, -0.1) is 0 Å². The molecule has 0 radical (unpaired) electrons. The van der Waals surface area contributed by atoms with Crippen LogP contribution < -0.4 is 9.75 Å². The van der Waals surface area contributed by atoms with Crippen molar-refractivity contribution in [3.63, 3.8) is 0 Å². The Morgan fingerprint density at radius 2 is 1.51 bits per heavy atom. The highest BCUT2D eigenvalue weighted by atomic mass is 35.5. The first-order valence-electron chi connectivity index (χ1n) is 11.0. The van der Waals surface area contributed by atoms with Crippen molar-refractivity contribution in [2.45, 2.75) is 6.61 Å². The minimum Gasteiger partial charge on any atom is -0.488 e. The third kappa shape index (κ3) is 4.99. The van der Waals surface area contributed by atoms with E-state index in [2.05, 4.69) is 0 Å². The Kier molecular flexibility index (Phi) is 6.66. The maximum atomic E-state index is 13.5. The molecule has 5 rings (SSSR count). The lowest BCUT2D eigenvalue weighted by molar-refractivity contribution is -0.114. The van der Waals surface area contributed by atoms with E-state index >= 15 is 0 Å². The number of nitrogens with zero attached hydrogens (tertiary/aromatic N) is 2. The Morgan fingerprint density at radius 3 is 2.26 bits per heavy atom. The zero-order valence-electron chi connectivity index (χ0n) is 18.6. The summed E-state index contributed by atoms with van der Waals surface area (Å²) >= 11 is 12.3. The van der Waals surface area contributed by atoms with Gasteiger partial charge in [0.1, 0.15) is 18.1 Å². The summed E-state index contributed by atoms with van der Waals surface area (Å²) in [7, 11) is 0. The van der Waals surface area contributed by atoms with Crippen molar-refractivity contribution in [1.82, 2.24) is 0 Å². The summed E-state index contributed by atoms with van der Waals surface area (Å²) in [5.41, 5.74) is 4.24. The lowest BCUT2D eigenvalue weighted by Gasteiger charge is -2.12. The average molecular weight is 499 g/mol. The van der Waals surface area contributed by atoms with Crippen LogP contribution >= 0.6 is 23.2 Å². The Bertz CT molecular complexity index is 1430. The highest BCUT2D eigenvalue weighted by molar-refractivity contribution is 6.37. The van der Waals surface area contributed by atoms with Crippen LogP contribution in [0.15, 0.2) is 114 Å². The fourth-order valence-electron chi connectivity index (χ4n) is 3.78. The second-order valence-corrected chi connectivity index (χ2v) is 8.73. The quantitative estimate of drug-likeness (QED) is 0.259. The van der Waals surface area contributed by atoms with E-state index in [1.807, 2.05) is 97.1 Å². The van der Waals surface area contributed by atoms with Gasteiger partial charge in [0, 0.05) is 26.7 Å². The predicted octanol–water partition coefficient (Wildman–Crippen LogP) is 7.41. The van der Waals surface area contributed by atoms with Gasteiger partial charge in [-0.3, -0.25) is 4.79 Å². The van der Waals surface area contributed by atoms with E-state index in [1.165, 1.54) is 5.01 Å². The first-order chi connectivity index (χ1) is 17.1. The Balaban J connectivity index is 1.51. The molecule has 1 aliphatic rings. The minimum atomic E-state index is -0.203. The zero-order valence-corrected chi connectivity index (χ0v) is 20.1. The zero-order chi connectivity index (χ0) is 24.2. The van der Waals surface area contributed by atoms with Crippen LogP contribution in [0.3, 0.4) is 0 Å². The highest BCUT2D eigenvalue weighted by Crippen LogP contribution is 2.30. The minimum absolute atomic E-state index is 0.203. The summed E-state index contributed by atoms with van der Waals surface area (Å²) in [5.74, 6) is 0.426. The van der Waals surface area contributed by atoms with E-state index in [9.17, 15) is 4.79 Å². The van der Waals surface area contributed by atoms with Crippen LogP contribution in [0.4, 0.5) is 5.69 Å². The molecule has 1 heterocycles. The summed E-state index contributed by atoms with van der Waals surface area (Å²) in [4.78, 5) is 13.5. The number of hydrazone groups is 1. The van der Waals surface area contributed by atoms with E-state index in [1.54, 1.807) is 12.1 Å². The van der Waals surface area contributed by atoms with Crippen molar-refractivity contribution < 1.29 is 9.53 Å². The highest BCUT2D eigenvalue weighted by Gasteiger charge is 2.32. The fourth-order valence-corrected chi connectivity index (χ4v) is 4.24. The monoisotopic (exact) mass is 498 g/mol. The molecule has 172 valence electrons. The van der Waals surface area contributed by atoms with Crippen LogP contribution in [0.1, 0.15) is 16.7 Å². The summed E-state index contributed by atoms with van der Waals surface area (Å²) in [6.07, 6.45) is 1.83. The standard InChI is InChI=1S/C29H20Cl2N2O2/c30-23-16-15-22(26(31)18-23)19-35-27-14-8-7-11-21(27)17-25-28(20-9-3-1-4-10-20)32-33(29(25)34)24-12-5-2-6-13-24/h1-18H,19H2/b25-17-. The lowest BCUT2D eigenvalue weighted by atomic mass is 10.00. The Hall–Kier alpha value is -3.86. The second-order valence-electron chi connectivity index (χ2n) is 7.89. The summed E-state index contributed by atoms with van der Waals surface area (Å²) < 4.78 is 6.10. The molecule has 0 unspecified atom stereocenters. The molecule has 0 bridgehead atoms. The number of amides is 1. The van der Waals surface area contributed by atoms with E-state index in [0.717, 1.165) is 16.7 Å². The molecule has 0 saturated carbocycles. The van der Waals surface area contributed by atoms with Crippen LogP contribution in [0.25, 0.3) is 6.08 Å². The third-order valence-corrected chi connectivity index (χ3v) is 6.13. The number of anilines is 1. The second kappa shape index (κ2) is 10.2. The van der Waals surface area contributed by atoms with Crippen molar-refractivity contribution >= 4 is 46.6 Å². The number of para-hydroxylation sites is 2. The van der Waals surface area contributed by atoms with E-state index in [0.29, 0.717) is 32.8 Å². The van der Waals surface area contributed by atoms with Gasteiger partial charge in [-0.1, -0.05) is 96.0 Å². The third-order valence-electron chi connectivity index (χ3n) is 5.54. The molecule has 0 saturated heterocycles. The van der Waals surface area contributed by atoms with Gasteiger partial charge < -0.3 is 4.74 Å². The number of halogens is 2. The van der Waals surface area contributed by atoms with Crippen LogP contribution in [0.5, 0.6) is 5.75 Å². The SMILES string of the molecule is O=C1/C(=C\c2ccccc2OCc2ccc(Cl)cc2Cl)C(c2ccccc2)=NN1c1ccccc1. The summed E-state index contributed by atoms with van der Waals surface area (Å²) in [6, 6.07) is 31.9. The van der Waals surface area contributed by atoms with Gasteiger partial charge in [0.05, 0.1) is 11.3 Å². The van der Waals surface area contributed by atoms with Crippen molar-refractivity contribution in [2.75, 3.05) is 5.01 Å². The first kappa shape index (κ1) is 22.9. The molecular weight excluding hydrogens is 479 g/mol. The van der Waals surface area contributed by atoms with Crippen molar-refractivity contribution in [2.24, 2.45) is 5.10 Å². The number of hydrogen-bond acceptors (Lipinski definition) is 3. The van der Waals surface area contributed by atoms with E-state index in [4.69, 9.17) is 33.0 Å². The normalized spacial score (nSPS) is 14.3. The van der Waals surface area contributed by atoms with Crippen LogP contribution in [-0.4, -0.2) is 11.6 Å². The van der Waals surface area contributed by atoms with Gasteiger partial charge in [0.15, 0.2) is 0 Å². The van der Waals surface area contributed by atoms with Gasteiger partial charge in [-0.2, -0.15) is 10.1 Å². The number of carbonyl (C=O) groups is 1. The molecule has 1 aliphatic heterocycles. The first-order valence-corrected chi connectivity index (χ1v) is 11.8. The number of benzene rings is 4. The number of rotatable bonds is 6. The molecular formula is C29H20Cl2N2O2. The molecule has 4 aromatic rings. The Labute approximate surface area is 213 Å². The molecule has 0 N–H and O–H groups in total. The maximum Gasteiger partial charge on any atom is 0.281 e. The fraction of sp³-hybridized carbons (Fsp3) is 0.0345. The van der Waals surface area contributed by atoms with Crippen molar-refractivity contribution in [1.29, 1.82) is 0 Å². The lowest BCUT2D eigenvalue weighted by Crippen LogP contribution is -2.21. The smallest absolute Gasteiger partial charge is 0.281 e. The van der Waals surface area contributed by atoms with Crippen LogP contribution in [-0.2, 0) is 11.4 Å². The summed E-state index contributed by atoms with van der Waals surface area (Å²) in [5, 5.41) is 7.23. The van der Waals surface area contributed by atoms with Gasteiger partial charge in [0.2, 0.25) is 0 Å². The number of ether oxygens (including phenoxy) is 1. The molecule has 0 fully saturated rings. The molecule has 4 nitrogen and oxygen atoms in total.